The summed E-state index contributed by atoms with van der Waals surface area (Å²) in [6.07, 6.45) is 1.86. The van der Waals surface area contributed by atoms with Crippen molar-refractivity contribution in [1.29, 1.82) is 0 Å². The van der Waals surface area contributed by atoms with Crippen LogP contribution in [0.3, 0.4) is 0 Å². The molecule has 0 saturated heterocycles. The largest absolute Gasteiger partial charge is 0.630 e. The monoisotopic (exact) mass is 165 g/mol. The second-order valence-corrected chi connectivity index (χ2v) is 2.81. The van der Waals surface area contributed by atoms with Crippen LogP contribution in [0.4, 0.5) is 5.69 Å². The van der Waals surface area contributed by atoms with Gasteiger partial charge < -0.3 is 10.7 Å². The van der Waals surface area contributed by atoms with Gasteiger partial charge in [0.05, 0.1) is 0 Å². The average Bonchev–Trinajstić information content (AvgIpc) is 2.16. The summed E-state index contributed by atoms with van der Waals surface area (Å²) < 4.78 is 0. The van der Waals surface area contributed by atoms with Gasteiger partial charge >= 0.3 is 0 Å². The van der Waals surface area contributed by atoms with E-state index in [-0.39, 0.29) is 0 Å². The van der Waals surface area contributed by atoms with E-state index in [1.165, 1.54) is 0 Å². The highest BCUT2D eigenvalue weighted by Crippen LogP contribution is 2.16. The third kappa shape index (κ3) is 1.65. The van der Waals surface area contributed by atoms with E-state index in [0.717, 1.165) is 35.1 Å². The third-order valence-corrected chi connectivity index (χ3v) is 2.17. The van der Waals surface area contributed by atoms with Crippen LogP contribution in [0, 0.1) is 5.21 Å². The van der Waals surface area contributed by atoms with Crippen LogP contribution in [0.15, 0.2) is 18.2 Å². The zero-order chi connectivity index (χ0) is 8.97. The van der Waals surface area contributed by atoms with Crippen LogP contribution < -0.4 is 5.48 Å². The SMILES string of the molecule is CCc1cccc(CC)c1[NH2+][O-]. The van der Waals surface area contributed by atoms with E-state index >= 15 is 0 Å². The van der Waals surface area contributed by atoms with Gasteiger partial charge in [0.1, 0.15) is 5.69 Å². The van der Waals surface area contributed by atoms with Gasteiger partial charge in [-0.2, -0.15) is 0 Å². The summed E-state index contributed by atoms with van der Waals surface area (Å²) in [4.78, 5) is 0. The highest BCUT2D eigenvalue weighted by molar-refractivity contribution is 5.46. The fourth-order valence-electron chi connectivity index (χ4n) is 1.43. The lowest BCUT2D eigenvalue weighted by Gasteiger charge is -2.10. The molecule has 0 fully saturated rings. The Morgan fingerprint density at radius 1 is 1.17 bits per heavy atom. The number of aryl methyl sites for hydroxylation is 2. The smallest absolute Gasteiger partial charge is 0.135 e. The highest BCUT2D eigenvalue weighted by atomic mass is 16.5. The minimum absolute atomic E-state index is 0.891. The second kappa shape index (κ2) is 4.24. The van der Waals surface area contributed by atoms with E-state index in [1.54, 1.807) is 0 Å². The predicted octanol–water partition coefficient (Wildman–Crippen LogP) is 1.50. The van der Waals surface area contributed by atoms with E-state index in [1.807, 2.05) is 18.2 Å². The molecule has 0 aliphatic carbocycles. The number of hydrogen-bond acceptors (Lipinski definition) is 1. The van der Waals surface area contributed by atoms with Crippen molar-refractivity contribution in [2.45, 2.75) is 26.7 Å². The zero-order valence-electron chi connectivity index (χ0n) is 7.63. The van der Waals surface area contributed by atoms with Crippen LogP contribution in [0.25, 0.3) is 0 Å². The van der Waals surface area contributed by atoms with Gasteiger partial charge in [-0.05, 0) is 12.8 Å². The van der Waals surface area contributed by atoms with E-state index in [4.69, 9.17) is 0 Å². The zero-order valence-corrected chi connectivity index (χ0v) is 7.63. The Morgan fingerprint density at radius 3 is 2.00 bits per heavy atom. The summed E-state index contributed by atoms with van der Waals surface area (Å²) in [7, 11) is 0. The first-order valence-corrected chi connectivity index (χ1v) is 4.39. The van der Waals surface area contributed by atoms with E-state index in [9.17, 15) is 5.21 Å². The Bertz CT molecular complexity index is 236. The van der Waals surface area contributed by atoms with Crippen LogP contribution in [0.2, 0.25) is 0 Å². The van der Waals surface area contributed by atoms with Crippen molar-refractivity contribution in [1.82, 2.24) is 0 Å². The summed E-state index contributed by atoms with van der Waals surface area (Å²) in [5, 5.41) is 10.8. The number of hydrogen-bond donors (Lipinski definition) is 1. The summed E-state index contributed by atoms with van der Waals surface area (Å²) in [5.41, 5.74) is 4.17. The average molecular weight is 165 g/mol. The number of quaternary nitrogens is 1. The molecule has 1 aromatic rings. The van der Waals surface area contributed by atoms with Crippen LogP contribution in [0.1, 0.15) is 25.0 Å². The van der Waals surface area contributed by atoms with Crippen molar-refractivity contribution in [2.24, 2.45) is 0 Å². The molecule has 0 aromatic heterocycles. The Balaban J connectivity index is 3.13. The molecule has 1 aromatic carbocycles. The standard InChI is InChI=1S/C10H15NO/c1-3-8-6-5-7-9(4-2)10(8)11-12/h5-7H,3-4,11H2,1-2H3. The van der Waals surface area contributed by atoms with E-state index in [2.05, 4.69) is 13.8 Å². The van der Waals surface area contributed by atoms with Gasteiger partial charge in [0.2, 0.25) is 0 Å². The molecule has 0 bridgehead atoms. The summed E-state index contributed by atoms with van der Waals surface area (Å²) in [6, 6.07) is 6.05. The third-order valence-electron chi connectivity index (χ3n) is 2.17. The maximum atomic E-state index is 10.8. The number of nitrogens with two attached hydrogens (primary N) is 1. The molecular weight excluding hydrogens is 150 g/mol. The quantitative estimate of drug-likeness (QED) is 0.535. The summed E-state index contributed by atoms with van der Waals surface area (Å²) in [5.74, 6) is 0. The molecule has 0 amide bonds. The Hall–Kier alpha value is -0.860. The molecule has 0 radical (unpaired) electrons. The first-order chi connectivity index (χ1) is 5.83. The van der Waals surface area contributed by atoms with Gasteiger partial charge in [0.25, 0.3) is 0 Å². The van der Waals surface area contributed by atoms with E-state index < -0.39 is 0 Å². The van der Waals surface area contributed by atoms with Crippen molar-refractivity contribution < 1.29 is 5.48 Å². The van der Waals surface area contributed by atoms with Crippen molar-refractivity contribution in [2.75, 3.05) is 0 Å². The Kier molecular flexibility index (Phi) is 3.26. The molecule has 0 unspecified atom stereocenters. The van der Waals surface area contributed by atoms with Crippen LogP contribution in [0.5, 0.6) is 0 Å². The van der Waals surface area contributed by atoms with Gasteiger partial charge in [-0.1, -0.05) is 32.0 Å². The molecule has 12 heavy (non-hydrogen) atoms. The fraction of sp³-hybridized carbons (Fsp3) is 0.400. The molecule has 2 nitrogen and oxygen atoms in total. The second-order valence-electron chi connectivity index (χ2n) is 2.81. The molecule has 2 heteroatoms. The van der Waals surface area contributed by atoms with Gasteiger partial charge in [0, 0.05) is 11.1 Å². The first kappa shape index (κ1) is 9.23. The number of rotatable bonds is 3. The van der Waals surface area contributed by atoms with Gasteiger partial charge in [0.15, 0.2) is 0 Å². The number of benzene rings is 1. The van der Waals surface area contributed by atoms with Crippen molar-refractivity contribution in [3.05, 3.63) is 34.5 Å². The molecule has 2 N–H and O–H groups in total. The predicted molar refractivity (Wildman–Crippen MR) is 50.2 cm³/mol. The van der Waals surface area contributed by atoms with Crippen molar-refractivity contribution >= 4 is 5.69 Å². The maximum Gasteiger partial charge on any atom is 0.135 e. The molecule has 0 aliphatic heterocycles. The molecular formula is C10H15NO. The Morgan fingerprint density at radius 2 is 1.67 bits per heavy atom. The topological polar surface area (TPSA) is 39.7 Å². The fourth-order valence-corrected chi connectivity index (χ4v) is 1.43. The molecule has 0 aliphatic rings. The minimum Gasteiger partial charge on any atom is -0.630 e. The minimum atomic E-state index is 0.891. The lowest BCUT2D eigenvalue weighted by atomic mass is 10.0. The normalized spacial score (nSPS) is 10.2. The van der Waals surface area contributed by atoms with Crippen LogP contribution >= 0.6 is 0 Å². The van der Waals surface area contributed by atoms with Crippen LogP contribution in [-0.2, 0) is 12.8 Å². The van der Waals surface area contributed by atoms with Crippen LogP contribution in [-0.4, -0.2) is 0 Å². The van der Waals surface area contributed by atoms with Gasteiger partial charge in [-0.25, -0.2) is 0 Å². The van der Waals surface area contributed by atoms with Crippen molar-refractivity contribution in [3.8, 4) is 0 Å². The lowest BCUT2D eigenvalue weighted by molar-refractivity contribution is -0.498. The summed E-state index contributed by atoms with van der Waals surface area (Å²) in [6.45, 7) is 4.14. The van der Waals surface area contributed by atoms with Crippen molar-refractivity contribution in [3.63, 3.8) is 0 Å². The molecule has 0 saturated carbocycles. The highest BCUT2D eigenvalue weighted by Gasteiger charge is 2.05. The maximum absolute atomic E-state index is 10.8. The van der Waals surface area contributed by atoms with Gasteiger partial charge in [-0.15, -0.1) is 0 Å². The lowest BCUT2D eigenvalue weighted by Crippen LogP contribution is -2.71. The molecule has 0 heterocycles. The molecule has 1 rings (SSSR count). The first-order valence-electron chi connectivity index (χ1n) is 4.39. The molecule has 0 atom stereocenters. The van der Waals surface area contributed by atoms with Gasteiger partial charge in [-0.3, -0.25) is 0 Å². The van der Waals surface area contributed by atoms with E-state index in [0.29, 0.717) is 0 Å². The summed E-state index contributed by atoms with van der Waals surface area (Å²) >= 11 is 0. The molecule has 66 valence electrons. The Labute approximate surface area is 73.2 Å². The molecule has 0 spiro atoms.